The maximum Gasteiger partial charge on any atom is 0.231 e. The van der Waals surface area contributed by atoms with Crippen LogP contribution in [0, 0.1) is 6.92 Å². The molecule has 6 heteroatoms. The number of carbonyl (C=O) groups excluding carboxylic acids is 1. The average Bonchev–Trinajstić information content (AvgIpc) is 3.23. The van der Waals surface area contributed by atoms with Crippen LogP contribution in [0.2, 0.25) is 0 Å². The van der Waals surface area contributed by atoms with Crippen LogP contribution in [0.1, 0.15) is 22.8 Å². The minimum absolute atomic E-state index is 0.0658. The van der Waals surface area contributed by atoms with Gasteiger partial charge in [-0.3, -0.25) is 4.79 Å². The monoisotopic (exact) mass is 346 g/mol. The Morgan fingerprint density at radius 3 is 2.77 bits per heavy atom. The Balaban J connectivity index is 1.51. The fraction of sp³-hybridized carbons (Fsp3) is 0.150. The second-order valence-corrected chi connectivity index (χ2v) is 6.15. The summed E-state index contributed by atoms with van der Waals surface area (Å²) >= 11 is 0. The lowest BCUT2D eigenvalue weighted by molar-refractivity contribution is -0.115. The van der Waals surface area contributed by atoms with E-state index in [1.54, 1.807) is 6.92 Å². The molecule has 4 aromatic rings. The molecule has 2 heterocycles. The van der Waals surface area contributed by atoms with Crippen LogP contribution in [-0.2, 0) is 17.6 Å². The molecule has 26 heavy (non-hydrogen) atoms. The molecule has 0 aliphatic rings. The number of aromatic amines is 1. The van der Waals surface area contributed by atoms with E-state index in [-0.39, 0.29) is 5.91 Å². The number of aryl methyl sites for hydroxylation is 1. The van der Waals surface area contributed by atoms with Crippen LogP contribution < -0.4 is 5.32 Å². The lowest BCUT2D eigenvalue weighted by atomic mass is 10.1. The number of nitrogens with one attached hydrogen (secondary N) is 2. The van der Waals surface area contributed by atoms with Gasteiger partial charge < -0.3 is 14.8 Å². The normalized spacial score (nSPS) is 11.0. The maximum atomic E-state index is 12.6. The summed E-state index contributed by atoms with van der Waals surface area (Å²) < 4.78 is 5.18. The molecule has 0 unspecified atom stereocenters. The first-order chi connectivity index (χ1) is 12.7. The fourth-order valence-corrected chi connectivity index (χ4v) is 3.02. The molecule has 0 aliphatic heterocycles. The first kappa shape index (κ1) is 16.1. The number of rotatable bonds is 5. The van der Waals surface area contributed by atoms with Crippen molar-refractivity contribution in [2.75, 3.05) is 5.32 Å². The molecule has 1 amide bonds. The van der Waals surface area contributed by atoms with Crippen LogP contribution >= 0.6 is 0 Å². The minimum atomic E-state index is -0.0658. The molecule has 0 aliphatic carbocycles. The number of anilines is 1. The largest absolute Gasteiger partial charge is 0.361 e. The van der Waals surface area contributed by atoms with Gasteiger partial charge in [0, 0.05) is 22.8 Å². The van der Waals surface area contributed by atoms with Crippen molar-refractivity contribution in [2.24, 2.45) is 0 Å². The first-order valence-electron chi connectivity index (χ1n) is 8.41. The van der Waals surface area contributed by atoms with Crippen LogP contribution in [0.5, 0.6) is 0 Å². The summed E-state index contributed by atoms with van der Waals surface area (Å²) in [7, 11) is 0. The van der Waals surface area contributed by atoms with Crippen LogP contribution in [0.25, 0.3) is 10.9 Å². The molecule has 0 saturated carbocycles. The van der Waals surface area contributed by atoms with E-state index in [1.807, 2.05) is 54.7 Å². The zero-order valence-electron chi connectivity index (χ0n) is 14.3. The summed E-state index contributed by atoms with van der Waals surface area (Å²) in [5.74, 6) is 1.06. The van der Waals surface area contributed by atoms with Gasteiger partial charge in [0.1, 0.15) is 0 Å². The molecule has 0 radical (unpaired) electrons. The van der Waals surface area contributed by atoms with Gasteiger partial charge in [-0.15, -0.1) is 0 Å². The Kier molecular flexibility index (Phi) is 4.23. The van der Waals surface area contributed by atoms with Crippen molar-refractivity contribution in [2.45, 2.75) is 19.8 Å². The molecule has 4 rings (SSSR count). The quantitative estimate of drug-likeness (QED) is 0.578. The highest BCUT2D eigenvalue weighted by molar-refractivity contribution is 5.96. The smallest absolute Gasteiger partial charge is 0.231 e. The third-order valence-corrected chi connectivity index (χ3v) is 4.23. The summed E-state index contributed by atoms with van der Waals surface area (Å²) in [6, 6.07) is 15.6. The Bertz CT molecular complexity index is 1060. The zero-order chi connectivity index (χ0) is 17.9. The van der Waals surface area contributed by atoms with Crippen molar-refractivity contribution >= 4 is 22.5 Å². The Morgan fingerprint density at radius 2 is 1.92 bits per heavy atom. The van der Waals surface area contributed by atoms with Gasteiger partial charge in [-0.25, -0.2) is 0 Å². The second-order valence-electron chi connectivity index (χ2n) is 6.15. The summed E-state index contributed by atoms with van der Waals surface area (Å²) in [4.78, 5) is 20.0. The van der Waals surface area contributed by atoms with Crippen LogP contribution in [0.15, 0.2) is 59.3 Å². The van der Waals surface area contributed by atoms with Crippen molar-refractivity contribution in [3.05, 3.63) is 77.6 Å². The maximum absolute atomic E-state index is 12.6. The Labute approximate surface area is 150 Å². The second kappa shape index (κ2) is 6.84. The number of hydrogen-bond donors (Lipinski definition) is 2. The first-order valence-corrected chi connectivity index (χ1v) is 8.41. The molecule has 2 N–H and O–H groups in total. The van der Waals surface area contributed by atoms with Gasteiger partial charge in [-0.2, -0.15) is 4.98 Å². The number of H-pyrrole nitrogens is 1. The molecule has 0 atom stereocenters. The van der Waals surface area contributed by atoms with Crippen molar-refractivity contribution in [1.82, 2.24) is 15.1 Å². The molecule has 0 spiro atoms. The molecule has 6 nitrogen and oxygen atoms in total. The highest BCUT2D eigenvalue weighted by Crippen LogP contribution is 2.21. The standard InChI is InChI=1S/C20H18N4O2/c1-13-22-20(26-24-13)11-14-6-2-4-8-17(14)23-19(25)10-15-12-21-18-9-5-3-7-16(15)18/h2-9,12,21H,10-11H2,1H3,(H,23,25). The lowest BCUT2D eigenvalue weighted by Gasteiger charge is -2.09. The van der Waals surface area contributed by atoms with Crippen LogP contribution in [0.3, 0.4) is 0 Å². The summed E-state index contributed by atoms with van der Waals surface area (Å²) in [6.45, 7) is 1.78. The summed E-state index contributed by atoms with van der Waals surface area (Å²) in [5, 5.41) is 7.87. The van der Waals surface area contributed by atoms with E-state index in [2.05, 4.69) is 20.4 Å². The predicted molar refractivity (Wildman–Crippen MR) is 98.9 cm³/mol. The van der Waals surface area contributed by atoms with Crippen LogP contribution in [-0.4, -0.2) is 21.0 Å². The highest BCUT2D eigenvalue weighted by atomic mass is 16.5. The Hall–Kier alpha value is -3.41. The van der Waals surface area contributed by atoms with E-state index in [0.717, 1.165) is 27.7 Å². The molecular formula is C20H18N4O2. The predicted octanol–water partition coefficient (Wildman–Crippen LogP) is 3.63. The number of para-hydroxylation sites is 2. The number of fused-ring (bicyclic) bond motifs is 1. The van der Waals surface area contributed by atoms with E-state index in [9.17, 15) is 4.79 Å². The molecule has 0 bridgehead atoms. The number of aromatic nitrogens is 3. The molecule has 0 saturated heterocycles. The fourth-order valence-electron chi connectivity index (χ4n) is 3.02. The van der Waals surface area contributed by atoms with E-state index >= 15 is 0 Å². The van der Waals surface area contributed by atoms with Gasteiger partial charge in [-0.05, 0) is 30.2 Å². The molecule has 0 fully saturated rings. The van der Waals surface area contributed by atoms with E-state index < -0.39 is 0 Å². The summed E-state index contributed by atoms with van der Waals surface area (Å²) in [5.41, 5.74) is 3.70. The zero-order valence-corrected chi connectivity index (χ0v) is 14.3. The van der Waals surface area contributed by atoms with E-state index in [1.165, 1.54) is 0 Å². The van der Waals surface area contributed by atoms with E-state index in [4.69, 9.17) is 4.52 Å². The van der Waals surface area contributed by atoms with Crippen molar-refractivity contribution in [1.29, 1.82) is 0 Å². The van der Waals surface area contributed by atoms with Crippen molar-refractivity contribution in [3.63, 3.8) is 0 Å². The molecular weight excluding hydrogens is 328 g/mol. The Morgan fingerprint density at radius 1 is 1.12 bits per heavy atom. The van der Waals surface area contributed by atoms with Crippen LogP contribution in [0.4, 0.5) is 5.69 Å². The van der Waals surface area contributed by atoms with E-state index in [0.29, 0.717) is 24.6 Å². The number of amides is 1. The van der Waals surface area contributed by atoms with Gasteiger partial charge in [0.25, 0.3) is 0 Å². The van der Waals surface area contributed by atoms with Gasteiger partial charge in [0.15, 0.2) is 5.82 Å². The van der Waals surface area contributed by atoms with Gasteiger partial charge >= 0.3 is 0 Å². The third kappa shape index (κ3) is 3.35. The highest BCUT2D eigenvalue weighted by Gasteiger charge is 2.12. The van der Waals surface area contributed by atoms with Gasteiger partial charge in [-0.1, -0.05) is 41.6 Å². The van der Waals surface area contributed by atoms with Crippen molar-refractivity contribution in [3.8, 4) is 0 Å². The minimum Gasteiger partial charge on any atom is -0.361 e. The number of benzene rings is 2. The SMILES string of the molecule is Cc1noc(Cc2ccccc2NC(=O)Cc2c[nH]c3ccccc23)n1. The topological polar surface area (TPSA) is 83.8 Å². The molecule has 130 valence electrons. The number of carbonyl (C=O) groups is 1. The van der Waals surface area contributed by atoms with Gasteiger partial charge in [0.05, 0.1) is 12.8 Å². The third-order valence-electron chi connectivity index (χ3n) is 4.23. The number of hydrogen-bond acceptors (Lipinski definition) is 4. The average molecular weight is 346 g/mol. The lowest BCUT2D eigenvalue weighted by Crippen LogP contribution is -2.15. The van der Waals surface area contributed by atoms with Gasteiger partial charge in [0.2, 0.25) is 11.8 Å². The molecule has 2 aromatic heterocycles. The molecule has 2 aromatic carbocycles. The number of nitrogens with zero attached hydrogens (tertiary/aromatic N) is 2. The van der Waals surface area contributed by atoms with Crippen molar-refractivity contribution < 1.29 is 9.32 Å². The summed E-state index contributed by atoms with van der Waals surface area (Å²) in [6.07, 6.45) is 2.67.